The van der Waals surface area contributed by atoms with Gasteiger partial charge in [-0.2, -0.15) is 0 Å². The van der Waals surface area contributed by atoms with Crippen LogP contribution in [0.2, 0.25) is 0 Å². The average Bonchev–Trinajstić information content (AvgIpc) is 2.91. The van der Waals surface area contributed by atoms with Crippen molar-refractivity contribution in [1.29, 1.82) is 0 Å². The van der Waals surface area contributed by atoms with Gasteiger partial charge in [-0.1, -0.05) is 18.9 Å². The fraction of sp³-hybridized carbons (Fsp3) is 0.571. The van der Waals surface area contributed by atoms with Crippen molar-refractivity contribution in [2.24, 2.45) is 0 Å². The van der Waals surface area contributed by atoms with Crippen molar-refractivity contribution < 1.29 is 4.79 Å². The lowest BCUT2D eigenvalue weighted by molar-refractivity contribution is -0.121. The maximum atomic E-state index is 11.6. The Morgan fingerprint density at radius 2 is 2.17 bits per heavy atom. The van der Waals surface area contributed by atoms with E-state index in [1.54, 1.807) is 6.20 Å². The number of nitrogens with zero attached hydrogens (tertiary/aromatic N) is 1. The van der Waals surface area contributed by atoms with Gasteiger partial charge in [-0.15, -0.1) is 0 Å². The lowest BCUT2D eigenvalue weighted by Gasteiger charge is -2.11. The third-order valence-electron chi connectivity index (χ3n) is 3.33. The van der Waals surface area contributed by atoms with Crippen LogP contribution >= 0.6 is 0 Å². The second-order valence-corrected chi connectivity index (χ2v) is 4.78. The third-order valence-corrected chi connectivity index (χ3v) is 3.33. The first-order valence-corrected chi connectivity index (χ1v) is 6.74. The van der Waals surface area contributed by atoms with Gasteiger partial charge in [0.05, 0.1) is 12.2 Å². The fourth-order valence-corrected chi connectivity index (χ4v) is 2.30. The number of nitrogens with one attached hydrogen (secondary N) is 2. The summed E-state index contributed by atoms with van der Waals surface area (Å²) in [6.45, 7) is 1.29. The van der Waals surface area contributed by atoms with Crippen molar-refractivity contribution in [2.75, 3.05) is 6.54 Å². The quantitative estimate of drug-likeness (QED) is 0.803. The van der Waals surface area contributed by atoms with Crippen LogP contribution in [-0.2, 0) is 11.3 Å². The van der Waals surface area contributed by atoms with E-state index < -0.39 is 0 Å². The maximum absolute atomic E-state index is 11.6. The molecule has 0 spiro atoms. The second kappa shape index (κ2) is 7.11. The molecule has 0 atom stereocenters. The van der Waals surface area contributed by atoms with Crippen molar-refractivity contribution in [3.8, 4) is 0 Å². The van der Waals surface area contributed by atoms with Gasteiger partial charge in [0.25, 0.3) is 0 Å². The van der Waals surface area contributed by atoms with Crippen LogP contribution in [0.25, 0.3) is 0 Å². The topological polar surface area (TPSA) is 54.0 Å². The second-order valence-electron chi connectivity index (χ2n) is 4.78. The van der Waals surface area contributed by atoms with Crippen molar-refractivity contribution in [2.45, 2.75) is 44.7 Å². The third kappa shape index (κ3) is 4.45. The number of hydrogen-bond donors (Lipinski definition) is 2. The summed E-state index contributed by atoms with van der Waals surface area (Å²) in [7, 11) is 0. The van der Waals surface area contributed by atoms with Gasteiger partial charge >= 0.3 is 0 Å². The van der Waals surface area contributed by atoms with Crippen LogP contribution in [0.15, 0.2) is 24.4 Å². The minimum absolute atomic E-state index is 0.0890. The molecule has 4 nitrogen and oxygen atoms in total. The van der Waals surface area contributed by atoms with Gasteiger partial charge in [-0.25, -0.2) is 0 Å². The summed E-state index contributed by atoms with van der Waals surface area (Å²) in [5.74, 6) is 0.0890. The average molecular weight is 247 g/mol. The standard InChI is InChI=1S/C14H21N3O/c18-14(8-10-16-12-5-1-2-6-12)17-11-13-7-3-4-9-15-13/h3-4,7,9,12,16H,1-2,5-6,8,10-11H2,(H,17,18). The summed E-state index contributed by atoms with van der Waals surface area (Å²) in [5.41, 5.74) is 0.898. The Morgan fingerprint density at radius 1 is 1.33 bits per heavy atom. The molecule has 1 saturated carbocycles. The van der Waals surface area contributed by atoms with E-state index in [-0.39, 0.29) is 5.91 Å². The molecule has 0 aromatic carbocycles. The molecule has 1 aliphatic rings. The highest BCUT2D eigenvalue weighted by atomic mass is 16.1. The first-order chi connectivity index (χ1) is 8.84. The lowest BCUT2D eigenvalue weighted by Crippen LogP contribution is -2.31. The number of carbonyl (C=O) groups is 1. The number of rotatable bonds is 6. The van der Waals surface area contributed by atoms with Crippen molar-refractivity contribution in [3.05, 3.63) is 30.1 Å². The van der Waals surface area contributed by atoms with Crippen molar-refractivity contribution in [1.82, 2.24) is 15.6 Å². The molecule has 0 unspecified atom stereocenters. The van der Waals surface area contributed by atoms with Gasteiger partial charge in [0.15, 0.2) is 0 Å². The molecule has 1 aliphatic carbocycles. The molecule has 1 aromatic heterocycles. The van der Waals surface area contributed by atoms with Gasteiger partial charge in [-0.3, -0.25) is 9.78 Å². The van der Waals surface area contributed by atoms with Crippen LogP contribution in [0.1, 0.15) is 37.8 Å². The zero-order chi connectivity index (χ0) is 12.6. The molecule has 4 heteroatoms. The van der Waals surface area contributed by atoms with Crippen LogP contribution in [0.4, 0.5) is 0 Å². The molecule has 1 fully saturated rings. The van der Waals surface area contributed by atoms with E-state index in [1.807, 2.05) is 18.2 Å². The minimum atomic E-state index is 0.0890. The summed E-state index contributed by atoms with van der Waals surface area (Å²) in [6.07, 6.45) is 7.45. The normalized spacial score (nSPS) is 15.8. The van der Waals surface area contributed by atoms with Crippen LogP contribution < -0.4 is 10.6 Å². The SMILES string of the molecule is O=C(CCNC1CCCC1)NCc1ccccn1. The molecule has 2 rings (SSSR count). The molecule has 2 N–H and O–H groups in total. The number of hydrogen-bond acceptors (Lipinski definition) is 3. The van der Waals surface area contributed by atoms with Gasteiger partial charge < -0.3 is 10.6 Å². The Balaban J connectivity index is 1.57. The Bertz CT molecular complexity index is 361. The summed E-state index contributed by atoms with van der Waals surface area (Å²) in [4.78, 5) is 15.8. The molecule has 1 amide bonds. The van der Waals surface area contributed by atoms with E-state index in [4.69, 9.17) is 0 Å². The Hall–Kier alpha value is -1.42. The molecular weight excluding hydrogens is 226 g/mol. The zero-order valence-corrected chi connectivity index (χ0v) is 10.7. The van der Waals surface area contributed by atoms with E-state index in [1.165, 1.54) is 25.7 Å². The molecule has 0 aliphatic heterocycles. The fourth-order valence-electron chi connectivity index (χ4n) is 2.30. The number of amides is 1. The van der Waals surface area contributed by atoms with E-state index in [0.717, 1.165) is 12.2 Å². The predicted octanol–water partition coefficient (Wildman–Crippen LogP) is 1.62. The first-order valence-electron chi connectivity index (χ1n) is 6.74. The maximum Gasteiger partial charge on any atom is 0.221 e. The Kier molecular flexibility index (Phi) is 5.15. The van der Waals surface area contributed by atoms with E-state index in [9.17, 15) is 4.79 Å². The molecule has 0 saturated heterocycles. The highest BCUT2D eigenvalue weighted by Crippen LogP contribution is 2.17. The summed E-state index contributed by atoms with van der Waals surface area (Å²) >= 11 is 0. The van der Waals surface area contributed by atoms with Gasteiger partial charge in [-0.05, 0) is 25.0 Å². The van der Waals surface area contributed by atoms with E-state index in [0.29, 0.717) is 19.0 Å². The largest absolute Gasteiger partial charge is 0.350 e. The molecule has 0 radical (unpaired) electrons. The first kappa shape index (κ1) is 13.0. The zero-order valence-electron chi connectivity index (χ0n) is 10.7. The van der Waals surface area contributed by atoms with Crippen LogP contribution in [0.5, 0.6) is 0 Å². The van der Waals surface area contributed by atoms with Crippen molar-refractivity contribution in [3.63, 3.8) is 0 Å². The van der Waals surface area contributed by atoms with Crippen LogP contribution in [-0.4, -0.2) is 23.5 Å². The van der Waals surface area contributed by atoms with Gasteiger partial charge in [0, 0.05) is 25.2 Å². The van der Waals surface area contributed by atoms with Gasteiger partial charge in [0.2, 0.25) is 5.91 Å². The Morgan fingerprint density at radius 3 is 2.89 bits per heavy atom. The number of pyridine rings is 1. The summed E-state index contributed by atoms with van der Waals surface area (Å²) < 4.78 is 0. The van der Waals surface area contributed by atoms with Crippen LogP contribution in [0.3, 0.4) is 0 Å². The highest BCUT2D eigenvalue weighted by Gasteiger charge is 2.13. The minimum Gasteiger partial charge on any atom is -0.350 e. The van der Waals surface area contributed by atoms with Crippen LogP contribution in [0, 0.1) is 0 Å². The van der Waals surface area contributed by atoms with Crippen molar-refractivity contribution >= 4 is 5.91 Å². The molecule has 98 valence electrons. The summed E-state index contributed by atoms with van der Waals surface area (Å²) in [5, 5.41) is 6.32. The lowest BCUT2D eigenvalue weighted by atomic mass is 10.2. The smallest absolute Gasteiger partial charge is 0.221 e. The van der Waals surface area contributed by atoms with E-state index >= 15 is 0 Å². The highest BCUT2D eigenvalue weighted by molar-refractivity contribution is 5.75. The molecule has 0 bridgehead atoms. The number of carbonyl (C=O) groups excluding carboxylic acids is 1. The van der Waals surface area contributed by atoms with Gasteiger partial charge in [0.1, 0.15) is 0 Å². The summed E-state index contributed by atoms with van der Waals surface area (Å²) in [6, 6.07) is 6.35. The Labute approximate surface area is 108 Å². The number of aromatic nitrogens is 1. The molecule has 18 heavy (non-hydrogen) atoms. The predicted molar refractivity (Wildman–Crippen MR) is 71.0 cm³/mol. The molecule has 1 heterocycles. The monoisotopic (exact) mass is 247 g/mol. The molecule has 1 aromatic rings. The molecular formula is C14H21N3O. The van der Waals surface area contributed by atoms with E-state index in [2.05, 4.69) is 15.6 Å².